The van der Waals surface area contributed by atoms with Crippen molar-refractivity contribution < 1.29 is 29.3 Å². The van der Waals surface area contributed by atoms with Gasteiger partial charge in [0.15, 0.2) is 6.10 Å². The second-order valence-electron chi connectivity index (χ2n) is 8.51. The number of aliphatic hydroxyl groups is 1. The van der Waals surface area contributed by atoms with E-state index in [-0.39, 0.29) is 37.8 Å². The van der Waals surface area contributed by atoms with Gasteiger partial charge in [0.25, 0.3) is 0 Å². The molecule has 0 bridgehead atoms. The first-order valence-corrected chi connectivity index (χ1v) is 11.7. The molecule has 0 aromatic heterocycles. The Morgan fingerprint density at radius 2 is 1.62 bits per heavy atom. The number of carbonyl (C=O) groups excluding carboxylic acids is 2. The summed E-state index contributed by atoms with van der Waals surface area (Å²) in [5, 5.41) is 23.4. The van der Waals surface area contributed by atoms with Gasteiger partial charge in [-0.2, -0.15) is 0 Å². The van der Waals surface area contributed by atoms with Crippen molar-refractivity contribution in [1.82, 2.24) is 10.6 Å². The number of amides is 2. The van der Waals surface area contributed by atoms with Crippen molar-refractivity contribution in [2.45, 2.75) is 57.1 Å². The number of alkyl carbamates (subject to hydrolysis) is 1. The number of hydrogen-bond donors (Lipinski definition) is 4. The van der Waals surface area contributed by atoms with Gasteiger partial charge in [0.2, 0.25) is 5.91 Å². The van der Waals surface area contributed by atoms with Crippen molar-refractivity contribution in [3.05, 3.63) is 59.7 Å². The Balaban J connectivity index is 1.54. The Morgan fingerprint density at radius 3 is 2.21 bits per heavy atom. The van der Waals surface area contributed by atoms with Crippen LogP contribution < -0.4 is 10.6 Å². The lowest BCUT2D eigenvalue weighted by Crippen LogP contribution is -2.40. The highest BCUT2D eigenvalue weighted by atomic mass is 16.5. The first kappa shape index (κ1) is 25.2. The van der Waals surface area contributed by atoms with Gasteiger partial charge >= 0.3 is 12.1 Å². The molecule has 2 aromatic rings. The quantitative estimate of drug-likeness (QED) is 0.378. The normalized spacial score (nSPS) is 13.9. The van der Waals surface area contributed by atoms with E-state index in [1.54, 1.807) is 0 Å². The number of carboxylic acids is 1. The summed E-state index contributed by atoms with van der Waals surface area (Å²) in [6.07, 6.45) is 0.237. The number of rotatable bonds is 12. The topological polar surface area (TPSA) is 125 Å². The summed E-state index contributed by atoms with van der Waals surface area (Å²) < 4.78 is 5.59. The van der Waals surface area contributed by atoms with E-state index in [2.05, 4.69) is 34.9 Å². The molecule has 2 amide bonds. The summed E-state index contributed by atoms with van der Waals surface area (Å²) in [6, 6.07) is 15.8. The summed E-state index contributed by atoms with van der Waals surface area (Å²) in [4.78, 5) is 35.5. The van der Waals surface area contributed by atoms with Gasteiger partial charge in [-0.3, -0.25) is 4.79 Å². The van der Waals surface area contributed by atoms with Crippen LogP contribution in [-0.2, 0) is 14.3 Å². The van der Waals surface area contributed by atoms with Crippen molar-refractivity contribution in [3.63, 3.8) is 0 Å². The zero-order valence-electron chi connectivity index (χ0n) is 19.3. The Bertz CT molecular complexity index is 963. The van der Waals surface area contributed by atoms with Gasteiger partial charge in [-0.05, 0) is 28.7 Å². The van der Waals surface area contributed by atoms with Crippen LogP contribution in [0.1, 0.15) is 56.1 Å². The van der Waals surface area contributed by atoms with Crippen LogP contribution in [0.5, 0.6) is 0 Å². The number of nitrogens with one attached hydrogen (secondary N) is 2. The lowest BCUT2D eigenvalue weighted by molar-refractivity contribution is -0.147. The summed E-state index contributed by atoms with van der Waals surface area (Å²) in [6.45, 7) is 2.26. The molecule has 34 heavy (non-hydrogen) atoms. The molecule has 0 aliphatic heterocycles. The third-order valence-electron chi connectivity index (χ3n) is 6.03. The van der Waals surface area contributed by atoms with Gasteiger partial charge in [0.1, 0.15) is 6.61 Å². The molecule has 1 aliphatic rings. The van der Waals surface area contributed by atoms with E-state index in [4.69, 9.17) is 9.84 Å². The predicted molar refractivity (Wildman–Crippen MR) is 127 cm³/mol. The fourth-order valence-electron chi connectivity index (χ4n) is 4.25. The Kier molecular flexibility index (Phi) is 9.04. The molecular weight excluding hydrogens is 436 g/mol. The fraction of sp³-hybridized carbons (Fsp3) is 0.423. The Hall–Kier alpha value is -3.39. The van der Waals surface area contributed by atoms with E-state index in [1.165, 1.54) is 0 Å². The molecule has 2 atom stereocenters. The molecule has 0 spiro atoms. The molecular formula is C26H32N2O6. The molecule has 3 rings (SSSR count). The maximum atomic E-state index is 12.6. The lowest BCUT2D eigenvalue weighted by Gasteiger charge is -2.20. The van der Waals surface area contributed by atoms with E-state index >= 15 is 0 Å². The number of aliphatic hydroxyl groups excluding tert-OH is 1. The Labute approximate surface area is 199 Å². The van der Waals surface area contributed by atoms with Crippen LogP contribution in [0.2, 0.25) is 0 Å². The molecule has 0 radical (unpaired) electrons. The second-order valence-corrected chi connectivity index (χ2v) is 8.51. The minimum Gasteiger partial charge on any atom is -0.479 e. The maximum absolute atomic E-state index is 12.6. The zero-order valence-corrected chi connectivity index (χ0v) is 19.3. The number of unbranched alkanes of at least 4 members (excludes halogenated alkanes) is 1. The molecule has 1 aliphatic carbocycles. The first-order chi connectivity index (χ1) is 16.4. The molecule has 4 N–H and O–H groups in total. The SMILES string of the molecule is CCCC[C@H](CC(=O)NCC[C@H](O)C(=O)O)NC(=O)OCC1c2ccccc2-c2ccccc21. The third kappa shape index (κ3) is 6.57. The standard InChI is InChI=1S/C26H32N2O6/c1-2-3-8-17(15-24(30)27-14-13-23(29)25(31)32)28-26(33)34-16-22-20-11-6-4-9-18(20)19-10-5-7-12-21(19)22/h4-7,9-12,17,22-23,29H,2-3,8,13-16H2,1H3,(H,27,30)(H,28,33)(H,31,32)/t17-,23+/m1/s1. The number of carbonyl (C=O) groups is 3. The van der Waals surface area contributed by atoms with Crippen LogP contribution in [0.25, 0.3) is 11.1 Å². The van der Waals surface area contributed by atoms with E-state index in [0.717, 1.165) is 35.1 Å². The highest BCUT2D eigenvalue weighted by Crippen LogP contribution is 2.44. The zero-order chi connectivity index (χ0) is 24.5. The molecule has 2 aromatic carbocycles. The van der Waals surface area contributed by atoms with Crippen LogP contribution in [0.4, 0.5) is 4.79 Å². The summed E-state index contributed by atoms with van der Waals surface area (Å²) in [7, 11) is 0. The first-order valence-electron chi connectivity index (χ1n) is 11.7. The highest BCUT2D eigenvalue weighted by molar-refractivity contribution is 5.79. The third-order valence-corrected chi connectivity index (χ3v) is 6.03. The van der Waals surface area contributed by atoms with Gasteiger partial charge in [-0.15, -0.1) is 0 Å². The number of fused-ring (bicyclic) bond motifs is 3. The molecule has 8 heteroatoms. The fourth-order valence-corrected chi connectivity index (χ4v) is 4.25. The highest BCUT2D eigenvalue weighted by Gasteiger charge is 2.29. The smallest absolute Gasteiger partial charge is 0.407 e. The van der Waals surface area contributed by atoms with E-state index in [1.807, 2.05) is 31.2 Å². The molecule has 0 saturated carbocycles. The van der Waals surface area contributed by atoms with Crippen molar-refractivity contribution >= 4 is 18.0 Å². The predicted octanol–water partition coefficient (Wildman–Crippen LogP) is 3.43. The number of benzene rings is 2. The van der Waals surface area contributed by atoms with E-state index in [0.29, 0.717) is 6.42 Å². The number of hydrogen-bond acceptors (Lipinski definition) is 5. The van der Waals surface area contributed by atoms with Crippen LogP contribution in [0, 0.1) is 0 Å². The van der Waals surface area contributed by atoms with Gasteiger partial charge in [-0.25, -0.2) is 9.59 Å². The average Bonchev–Trinajstić information content (AvgIpc) is 3.14. The van der Waals surface area contributed by atoms with Crippen LogP contribution in [0.3, 0.4) is 0 Å². The summed E-state index contributed by atoms with van der Waals surface area (Å²) >= 11 is 0. The van der Waals surface area contributed by atoms with Crippen molar-refractivity contribution in [2.24, 2.45) is 0 Å². The largest absolute Gasteiger partial charge is 0.479 e. The van der Waals surface area contributed by atoms with Gasteiger partial charge in [0.05, 0.1) is 0 Å². The Morgan fingerprint density at radius 1 is 1.00 bits per heavy atom. The number of carboxylic acid groups (broad SMARTS) is 1. The average molecular weight is 469 g/mol. The van der Waals surface area contributed by atoms with Gasteiger partial charge < -0.3 is 25.6 Å². The number of ether oxygens (including phenoxy) is 1. The maximum Gasteiger partial charge on any atom is 0.407 e. The van der Waals surface area contributed by atoms with Crippen LogP contribution >= 0.6 is 0 Å². The number of aliphatic carboxylic acids is 1. The molecule has 0 unspecified atom stereocenters. The molecule has 0 fully saturated rings. The second kappa shape index (κ2) is 12.2. The van der Waals surface area contributed by atoms with Crippen LogP contribution in [-0.4, -0.2) is 53.5 Å². The van der Waals surface area contributed by atoms with Gasteiger partial charge in [-0.1, -0.05) is 68.3 Å². The summed E-state index contributed by atoms with van der Waals surface area (Å²) in [5.74, 6) is -1.69. The molecule has 8 nitrogen and oxygen atoms in total. The van der Waals surface area contributed by atoms with Crippen molar-refractivity contribution in [3.8, 4) is 11.1 Å². The van der Waals surface area contributed by atoms with E-state index in [9.17, 15) is 19.5 Å². The minimum absolute atomic E-state index is 0.0394. The molecule has 0 saturated heterocycles. The van der Waals surface area contributed by atoms with Gasteiger partial charge in [0, 0.05) is 31.3 Å². The van der Waals surface area contributed by atoms with E-state index < -0.39 is 24.2 Å². The van der Waals surface area contributed by atoms with Crippen LogP contribution in [0.15, 0.2) is 48.5 Å². The summed E-state index contributed by atoms with van der Waals surface area (Å²) in [5.41, 5.74) is 4.55. The monoisotopic (exact) mass is 468 g/mol. The minimum atomic E-state index is -1.52. The van der Waals surface area contributed by atoms with Crippen molar-refractivity contribution in [1.29, 1.82) is 0 Å². The molecule has 182 valence electrons. The van der Waals surface area contributed by atoms with Crippen molar-refractivity contribution in [2.75, 3.05) is 13.2 Å². The molecule has 0 heterocycles. The lowest BCUT2D eigenvalue weighted by atomic mass is 9.98.